The van der Waals surface area contributed by atoms with Crippen molar-refractivity contribution in [3.8, 4) is 0 Å². The van der Waals surface area contributed by atoms with Crippen LogP contribution in [0.5, 0.6) is 0 Å². The Balaban J connectivity index is 2.57. The maximum Gasteiger partial charge on any atom is 0.0897 e. The van der Waals surface area contributed by atoms with Gasteiger partial charge in [-0.15, -0.1) is 11.3 Å². The van der Waals surface area contributed by atoms with Gasteiger partial charge in [0.25, 0.3) is 0 Å². The smallest absolute Gasteiger partial charge is 0.0897 e. The summed E-state index contributed by atoms with van der Waals surface area (Å²) in [7, 11) is 0. The summed E-state index contributed by atoms with van der Waals surface area (Å²) in [4.78, 5) is 4.60. The van der Waals surface area contributed by atoms with E-state index in [0.29, 0.717) is 5.92 Å². The Hall–Kier alpha value is -0.370. The van der Waals surface area contributed by atoms with Gasteiger partial charge in [-0.2, -0.15) is 0 Å². The third-order valence-electron chi connectivity index (χ3n) is 2.60. The van der Waals surface area contributed by atoms with Crippen molar-refractivity contribution in [2.24, 2.45) is 0 Å². The molecule has 0 saturated carbocycles. The van der Waals surface area contributed by atoms with Crippen molar-refractivity contribution in [3.63, 3.8) is 0 Å². The summed E-state index contributed by atoms with van der Waals surface area (Å²) in [5.41, 5.74) is 1.34. The van der Waals surface area contributed by atoms with Crippen LogP contribution in [-0.2, 0) is 0 Å². The van der Waals surface area contributed by atoms with E-state index < -0.39 is 0 Å². The van der Waals surface area contributed by atoms with Crippen LogP contribution in [0, 0.1) is 6.92 Å². The second-order valence-corrected chi connectivity index (χ2v) is 4.98. The Morgan fingerprint density at radius 1 is 1.29 bits per heavy atom. The first-order valence-corrected chi connectivity index (χ1v) is 6.57. The summed E-state index contributed by atoms with van der Waals surface area (Å²) in [6.45, 7) is 6.62. The molecule has 1 aromatic heterocycles. The van der Waals surface area contributed by atoms with Crippen molar-refractivity contribution < 1.29 is 0 Å². The van der Waals surface area contributed by atoms with Crippen LogP contribution in [0.25, 0.3) is 0 Å². The molecule has 0 saturated heterocycles. The highest BCUT2D eigenvalue weighted by Crippen LogP contribution is 2.27. The molecule has 0 aliphatic rings. The first kappa shape index (κ1) is 11.7. The third-order valence-corrected chi connectivity index (χ3v) is 3.39. The Bertz CT molecular complexity index is 255. The number of aromatic nitrogens is 1. The zero-order valence-corrected chi connectivity index (χ0v) is 10.4. The Morgan fingerprint density at radius 2 is 2.07 bits per heavy atom. The normalized spacial score (nSPS) is 13.1. The third kappa shape index (κ3) is 3.41. The Morgan fingerprint density at radius 3 is 2.57 bits per heavy atom. The molecule has 0 amide bonds. The van der Waals surface area contributed by atoms with E-state index in [0.717, 1.165) is 0 Å². The topological polar surface area (TPSA) is 12.9 Å². The molecule has 1 unspecified atom stereocenters. The summed E-state index contributed by atoms with van der Waals surface area (Å²) in [5, 5.41) is 3.45. The molecule has 0 N–H and O–H groups in total. The van der Waals surface area contributed by atoms with Crippen molar-refractivity contribution in [2.75, 3.05) is 0 Å². The van der Waals surface area contributed by atoms with Gasteiger partial charge in [-0.3, -0.25) is 0 Å². The first-order valence-electron chi connectivity index (χ1n) is 5.70. The van der Waals surface area contributed by atoms with Crippen LogP contribution < -0.4 is 0 Å². The van der Waals surface area contributed by atoms with E-state index in [1.165, 1.54) is 42.8 Å². The molecule has 0 fully saturated rings. The fourth-order valence-electron chi connectivity index (χ4n) is 1.81. The fourth-order valence-corrected chi connectivity index (χ4v) is 2.50. The lowest BCUT2D eigenvalue weighted by molar-refractivity contribution is 0.531. The van der Waals surface area contributed by atoms with Crippen LogP contribution in [0.3, 0.4) is 0 Å². The molecule has 0 aliphatic heterocycles. The minimum atomic E-state index is 0.713. The maximum absolute atomic E-state index is 4.60. The minimum absolute atomic E-state index is 0.713. The first-order chi connectivity index (χ1) is 6.77. The molecular formula is C12H21NS. The van der Waals surface area contributed by atoms with Crippen molar-refractivity contribution in [2.45, 2.75) is 58.8 Å². The highest BCUT2D eigenvalue weighted by Gasteiger charge is 2.12. The molecule has 0 radical (unpaired) electrons. The molecule has 2 heteroatoms. The predicted octanol–water partition coefficient (Wildman–Crippen LogP) is 4.53. The number of hydrogen-bond acceptors (Lipinski definition) is 2. The molecule has 1 atom stereocenters. The van der Waals surface area contributed by atoms with E-state index in [-0.39, 0.29) is 0 Å². The van der Waals surface area contributed by atoms with Crippen molar-refractivity contribution >= 4 is 11.3 Å². The van der Waals surface area contributed by atoms with Gasteiger partial charge in [0, 0.05) is 11.3 Å². The lowest BCUT2D eigenvalue weighted by Crippen LogP contribution is -1.99. The number of nitrogens with zero attached hydrogens (tertiary/aromatic N) is 1. The molecule has 1 heterocycles. The lowest BCUT2D eigenvalue weighted by Gasteiger charge is -2.12. The standard InChI is InChI=1S/C12H21NS/c1-4-6-8-11(7-5-2)12-9-14-10(3)13-12/h9,11H,4-8H2,1-3H3. The quantitative estimate of drug-likeness (QED) is 0.674. The summed E-state index contributed by atoms with van der Waals surface area (Å²) in [6, 6.07) is 0. The Labute approximate surface area is 91.6 Å². The van der Waals surface area contributed by atoms with Crippen LogP contribution in [0.1, 0.15) is 62.6 Å². The summed E-state index contributed by atoms with van der Waals surface area (Å²) < 4.78 is 0. The van der Waals surface area contributed by atoms with E-state index in [1.54, 1.807) is 11.3 Å². The van der Waals surface area contributed by atoms with Gasteiger partial charge in [-0.1, -0.05) is 33.1 Å². The summed E-state index contributed by atoms with van der Waals surface area (Å²) in [6.07, 6.45) is 6.51. The second-order valence-electron chi connectivity index (χ2n) is 3.92. The second kappa shape index (κ2) is 6.18. The highest BCUT2D eigenvalue weighted by atomic mass is 32.1. The molecule has 0 aliphatic carbocycles. The maximum atomic E-state index is 4.60. The average Bonchev–Trinajstić information content (AvgIpc) is 2.59. The van der Waals surface area contributed by atoms with Crippen molar-refractivity contribution in [1.82, 2.24) is 4.98 Å². The van der Waals surface area contributed by atoms with Crippen LogP contribution >= 0.6 is 11.3 Å². The van der Waals surface area contributed by atoms with Gasteiger partial charge in [0.2, 0.25) is 0 Å². The predicted molar refractivity (Wildman–Crippen MR) is 64.0 cm³/mol. The van der Waals surface area contributed by atoms with Crippen LogP contribution in [0.4, 0.5) is 0 Å². The van der Waals surface area contributed by atoms with E-state index in [2.05, 4.69) is 31.1 Å². The monoisotopic (exact) mass is 211 g/mol. The number of hydrogen-bond donors (Lipinski definition) is 0. The number of aryl methyl sites for hydroxylation is 1. The molecule has 0 bridgehead atoms. The van der Waals surface area contributed by atoms with Gasteiger partial charge in [-0.25, -0.2) is 4.98 Å². The van der Waals surface area contributed by atoms with E-state index in [4.69, 9.17) is 0 Å². The Kier molecular flexibility index (Phi) is 5.16. The minimum Gasteiger partial charge on any atom is -0.246 e. The van der Waals surface area contributed by atoms with Gasteiger partial charge in [-0.05, 0) is 19.8 Å². The fraction of sp³-hybridized carbons (Fsp3) is 0.750. The highest BCUT2D eigenvalue weighted by molar-refractivity contribution is 7.09. The van der Waals surface area contributed by atoms with Crippen molar-refractivity contribution in [3.05, 3.63) is 16.1 Å². The summed E-state index contributed by atoms with van der Waals surface area (Å²) in [5.74, 6) is 0.713. The van der Waals surface area contributed by atoms with Gasteiger partial charge in [0.15, 0.2) is 0 Å². The van der Waals surface area contributed by atoms with E-state index in [9.17, 15) is 0 Å². The van der Waals surface area contributed by atoms with Crippen LogP contribution in [0.2, 0.25) is 0 Å². The zero-order chi connectivity index (χ0) is 10.4. The van der Waals surface area contributed by atoms with Gasteiger partial charge in [0.1, 0.15) is 0 Å². The number of unbranched alkanes of at least 4 members (excludes halogenated alkanes) is 1. The zero-order valence-electron chi connectivity index (χ0n) is 9.55. The van der Waals surface area contributed by atoms with Crippen LogP contribution in [-0.4, -0.2) is 4.98 Å². The molecule has 14 heavy (non-hydrogen) atoms. The largest absolute Gasteiger partial charge is 0.246 e. The number of thiazole rings is 1. The van der Waals surface area contributed by atoms with Gasteiger partial charge >= 0.3 is 0 Å². The number of rotatable bonds is 6. The van der Waals surface area contributed by atoms with Gasteiger partial charge in [0.05, 0.1) is 10.7 Å². The SMILES string of the molecule is CCCCC(CCC)c1csc(C)n1. The van der Waals surface area contributed by atoms with Gasteiger partial charge < -0.3 is 0 Å². The lowest BCUT2D eigenvalue weighted by atomic mass is 9.94. The van der Waals surface area contributed by atoms with Crippen molar-refractivity contribution in [1.29, 1.82) is 0 Å². The molecule has 0 aromatic carbocycles. The van der Waals surface area contributed by atoms with E-state index >= 15 is 0 Å². The molecule has 80 valence electrons. The summed E-state index contributed by atoms with van der Waals surface area (Å²) >= 11 is 1.78. The molecular weight excluding hydrogens is 190 g/mol. The van der Waals surface area contributed by atoms with Crippen LogP contribution in [0.15, 0.2) is 5.38 Å². The molecule has 0 spiro atoms. The molecule has 1 aromatic rings. The van der Waals surface area contributed by atoms with E-state index in [1.807, 2.05) is 0 Å². The molecule has 1 rings (SSSR count). The molecule has 1 nitrogen and oxygen atoms in total. The average molecular weight is 211 g/mol.